The van der Waals surface area contributed by atoms with Gasteiger partial charge in [-0.2, -0.15) is 13.2 Å². The van der Waals surface area contributed by atoms with Crippen molar-refractivity contribution in [3.63, 3.8) is 0 Å². The zero-order valence-corrected chi connectivity index (χ0v) is 18.9. The fraction of sp³-hybridized carbons (Fsp3) is 0.360. The van der Waals surface area contributed by atoms with E-state index in [9.17, 15) is 22.8 Å². The Morgan fingerprint density at radius 2 is 1.76 bits per heavy atom. The molecule has 8 heteroatoms. The Hall–Kier alpha value is -3.29. The van der Waals surface area contributed by atoms with Crippen LogP contribution in [0.3, 0.4) is 0 Å². The van der Waals surface area contributed by atoms with E-state index in [1.807, 2.05) is 0 Å². The molecule has 33 heavy (non-hydrogen) atoms. The molecule has 0 spiro atoms. The Balaban J connectivity index is 1.83. The highest BCUT2D eigenvalue weighted by atomic mass is 19.4. The quantitative estimate of drug-likeness (QED) is 0.262. The van der Waals surface area contributed by atoms with Gasteiger partial charge in [0.2, 0.25) is 5.91 Å². The molecule has 0 atom stereocenters. The first-order valence-corrected chi connectivity index (χ1v) is 10.6. The molecule has 2 rings (SSSR count). The average molecular weight is 463 g/mol. The van der Waals surface area contributed by atoms with Crippen LogP contribution >= 0.6 is 0 Å². The average Bonchev–Trinajstić information content (AvgIpc) is 2.76. The fourth-order valence-electron chi connectivity index (χ4n) is 2.91. The number of alkyl halides is 3. The van der Waals surface area contributed by atoms with Gasteiger partial charge in [0.15, 0.2) is 0 Å². The lowest BCUT2D eigenvalue weighted by molar-refractivity contribution is -0.138. The van der Waals surface area contributed by atoms with Crippen LogP contribution in [0.25, 0.3) is 6.08 Å². The van der Waals surface area contributed by atoms with Gasteiger partial charge in [-0.3, -0.25) is 4.79 Å². The van der Waals surface area contributed by atoms with E-state index in [1.165, 1.54) is 18.2 Å². The van der Waals surface area contributed by atoms with Crippen molar-refractivity contribution >= 4 is 23.6 Å². The molecule has 0 heterocycles. The number of esters is 1. The minimum atomic E-state index is -4.42. The molecule has 0 radical (unpaired) electrons. The summed E-state index contributed by atoms with van der Waals surface area (Å²) in [6.45, 7) is 5.82. The van der Waals surface area contributed by atoms with Crippen molar-refractivity contribution in [2.24, 2.45) is 5.41 Å². The number of carbonyl (C=O) groups excluding carboxylic acids is 2. The van der Waals surface area contributed by atoms with Crippen LogP contribution in [0.4, 0.5) is 18.9 Å². The maximum Gasteiger partial charge on any atom is 0.416 e. The third kappa shape index (κ3) is 8.63. The van der Waals surface area contributed by atoms with E-state index in [4.69, 9.17) is 9.47 Å². The summed E-state index contributed by atoms with van der Waals surface area (Å²) in [5, 5.41) is 2.86. The highest BCUT2D eigenvalue weighted by Crippen LogP contribution is 2.31. The van der Waals surface area contributed by atoms with Crippen molar-refractivity contribution in [1.82, 2.24) is 0 Å². The van der Waals surface area contributed by atoms with Gasteiger partial charge in [0.05, 0.1) is 18.8 Å². The second kappa shape index (κ2) is 11.5. The van der Waals surface area contributed by atoms with Crippen LogP contribution in [0.2, 0.25) is 0 Å². The predicted molar refractivity (Wildman–Crippen MR) is 121 cm³/mol. The maximum atomic E-state index is 12.8. The summed E-state index contributed by atoms with van der Waals surface area (Å²) in [5.41, 5.74) is -0.0737. The Bertz CT molecular complexity index is 966. The van der Waals surface area contributed by atoms with Gasteiger partial charge in [-0.15, -0.1) is 0 Å². The molecule has 0 saturated carbocycles. The van der Waals surface area contributed by atoms with Gasteiger partial charge in [-0.1, -0.05) is 32.0 Å². The van der Waals surface area contributed by atoms with Crippen LogP contribution in [0, 0.1) is 5.41 Å². The molecule has 2 aromatic carbocycles. The molecule has 0 aliphatic carbocycles. The number of anilines is 1. The second-order valence-electron chi connectivity index (χ2n) is 8.02. The van der Waals surface area contributed by atoms with E-state index < -0.39 is 23.1 Å². The second-order valence-corrected chi connectivity index (χ2v) is 8.02. The Morgan fingerprint density at radius 1 is 1.06 bits per heavy atom. The van der Waals surface area contributed by atoms with Gasteiger partial charge in [0.25, 0.3) is 0 Å². The number of carbonyl (C=O) groups is 2. The van der Waals surface area contributed by atoms with Crippen molar-refractivity contribution in [2.45, 2.75) is 39.8 Å². The Labute approximate surface area is 191 Å². The monoisotopic (exact) mass is 463 g/mol. The molecule has 0 saturated heterocycles. The van der Waals surface area contributed by atoms with Gasteiger partial charge >= 0.3 is 12.1 Å². The topological polar surface area (TPSA) is 64.6 Å². The molecule has 0 fully saturated rings. The maximum absolute atomic E-state index is 12.8. The summed E-state index contributed by atoms with van der Waals surface area (Å²) in [5.74, 6) is -0.464. The number of hydrogen-bond donors (Lipinski definition) is 1. The van der Waals surface area contributed by atoms with Gasteiger partial charge in [0, 0.05) is 17.2 Å². The van der Waals surface area contributed by atoms with Crippen LogP contribution in [0.5, 0.6) is 5.75 Å². The zero-order chi connectivity index (χ0) is 24.5. The van der Waals surface area contributed by atoms with Crippen LogP contribution < -0.4 is 10.1 Å². The summed E-state index contributed by atoms with van der Waals surface area (Å²) < 4.78 is 48.6. The molecule has 0 aromatic heterocycles. The zero-order valence-electron chi connectivity index (χ0n) is 18.9. The van der Waals surface area contributed by atoms with E-state index in [0.29, 0.717) is 25.1 Å². The number of nitrogens with one attached hydrogen (secondary N) is 1. The van der Waals surface area contributed by atoms with Crippen molar-refractivity contribution in [1.29, 1.82) is 0 Å². The van der Waals surface area contributed by atoms with Crippen molar-refractivity contribution in [2.75, 3.05) is 18.5 Å². The van der Waals surface area contributed by atoms with Crippen LogP contribution in [-0.2, 0) is 20.5 Å². The lowest BCUT2D eigenvalue weighted by atomic mass is 9.87. The minimum absolute atomic E-state index is 0.143. The highest BCUT2D eigenvalue weighted by molar-refractivity contribution is 5.95. The van der Waals surface area contributed by atoms with Gasteiger partial charge in [-0.25, -0.2) is 4.79 Å². The molecule has 0 aliphatic heterocycles. The van der Waals surface area contributed by atoms with Crippen LogP contribution in [-0.4, -0.2) is 25.1 Å². The first-order valence-electron chi connectivity index (χ1n) is 10.6. The van der Waals surface area contributed by atoms with Crippen molar-refractivity contribution in [3.8, 4) is 5.75 Å². The van der Waals surface area contributed by atoms with E-state index >= 15 is 0 Å². The lowest BCUT2D eigenvalue weighted by Gasteiger charge is -2.23. The normalized spacial score (nSPS) is 11.9. The van der Waals surface area contributed by atoms with E-state index in [1.54, 1.807) is 51.1 Å². The van der Waals surface area contributed by atoms with E-state index in [-0.39, 0.29) is 18.3 Å². The number of halogens is 3. The highest BCUT2D eigenvalue weighted by Gasteiger charge is 2.30. The van der Waals surface area contributed by atoms with Gasteiger partial charge < -0.3 is 14.8 Å². The molecule has 0 aliphatic rings. The standard InChI is InChI=1S/C25H28F3NO4/c1-4-32-22(30)14-11-18-9-12-20(13-10-18)29-23(31)24(2,3)15-6-16-33-21-8-5-7-19(17-21)25(26,27)28/h5,7-14,17H,4,6,15-16H2,1-3H3,(H,29,31). The summed E-state index contributed by atoms with van der Waals surface area (Å²) >= 11 is 0. The number of ether oxygens (including phenoxy) is 2. The van der Waals surface area contributed by atoms with Crippen molar-refractivity contribution < 1.29 is 32.2 Å². The fourth-order valence-corrected chi connectivity index (χ4v) is 2.91. The smallest absolute Gasteiger partial charge is 0.416 e. The molecule has 5 nitrogen and oxygen atoms in total. The van der Waals surface area contributed by atoms with Crippen LogP contribution in [0.1, 0.15) is 44.7 Å². The number of amides is 1. The van der Waals surface area contributed by atoms with Gasteiger partial charge in [0.1, 0.15) is 5.75 Å². The molecule has 1 amide bonds. The molecular weight excluding hydrogens is 435 g/mol. The summed E-state index contributed by atoms with van der Waals surface area (Å²) in [6, 6.07) is 11.7. The Kier molecular flexibility index (Phi) is 9.08. The first-order chi connectivity index (χ1) is 15.5. The van der Waals surface area contributed by atoms with Gasteiger partial charge in [-0.05, 0) is 61.7 Å². The summed E-state index contributed by atoms with van der Waals surface area (Å²) in [6.07, 6.45) is -0.485. The third-order valence-electron chi connectivity index (χ3n) is 4.86. The third-order valence-corrected chi connectivity index (χ3v) is 4.86. The summed E-state index contributed by atoms with van der Waals surface area (Å²) in [7, 11) is 0. The first kappa shape index (κ1) is 26.0. The minimum Gasteiger partial charge on any atom is -0.494 e. The molecule has 0 unspecified atom stereocenters. The molecule has 1 N–H and O–H groups in total. The van der Waals surface area contributed by atoms with Crippen LogP contribution in [0.15, 0.2) is 54.6 Å². The van der Waals surface area contributed by atoms with E-state index in [0.717, 1.165) is 17.7 Å². The number of benzene rings is 2. The summed E-state index contributed by atoms with van der Waals surface area (Å²) in [4.78, 5) is 24.0. The lowest BCUT2D eigenvalue weighted by Crippen LogP contribution is -2.31. The predicted octanol–water partition coefficient (Wildman–Crippen LogP) is 6.11. The Morgan fingerprint density at radius 3 is 2.39 bits per heavy atom. The number of rotatable bonds is 10. The largest absolute Gasteiger partial charge is 0.494 e. The van der Waals surface area contributed by atoms with Crippen molar-refractivity contribution in [3.05, 3.63) is 65.7 Å². The number of hydrogen-bond acceptors (Lipinski definition) is 4. The van der Waals surface area contributed by atoms with E-state index in [2.05, 4.69) is 5.32 Å². The molecule has 2 aromatic rings. The molecule has 178 valence electrons. The SMILES string of the molecule is CCOC(=O)C=Cc1ccc(NC(=O)C(C)(C)CCCOc2cccc(C(F)(F)F)c2)cc1. The molecule has 0 bridgehead atoms. The molecular formula is C25H28F3NO4.